The predicted octanol–water partition coefficient (Wildman–Crippen LogP) is 4.27. The number of aryl methyl sites for hydroxylation is 2. The molecule has 0 amide bonds. The third-order valence-electron chi connectivity index (χ3n) is 2.25. The van der Waals surface area contributed by atoms with Crippen molar-refractivity contribution < 1.29 is 0 Å². The topological polar surface area (TPSA) is 12.9 Å². The van der Waals surface area contributed by atoms with Gasteiger partial charge in [0.05, 0.1) is 5.52 Å². The van der Waals surface area contributed by atoms with Gasteiger partial charge >= 0.3 is 0 Å². The number of hydrogen-bond donors (Lipinski definition) is 0. The molecule has 2 aromatic rings. The third kappa shape index (κ3) is 1.53. The van der Waals surface area contributed by atoms with Gasteiger partial charge in [0.15, 0.2) is 0 Å². The van der Waals surface area contributed by atoms with Gasteiger partial charge in [-0.3, -0.25) is 4.98 Å². The second kappa shape index (κ2) is 3.52. The lowest BCUT2D eigenvalue weighted by atomic mass is 10.1. The van der Waals surface area contributed by atoms with Crippen LogP contribution in [-0.4, -0.2) is 4.98 Å². The molecule has 0 saturated carbocycles. The first kappa shape index (κ1) is 9.94. The van der Waals surface area contributed by atoms with Crippen LogP contribution in [0.2, 0.25) is 5.02 Å². The van der Waals surface area contributed by atoms with E-state index in [9.17, 15) is 0 Å². The van der Waals surface area contributed by atoms with Gasteiger partial charge in [0, 0.05) is 20.6 Å². The number of aromatic nitrogens is 1. The lowest BCUT2D eigenvalue weighted by molar-refractivity contribution is 1.23. The zero-order chi connectivity index (χ0) is 10.3. The molecule has 3 heteroatoms. The van der Waals surface area contributed by atoms with E-state index in [-0.39, 0.29) is 0 Å². The van der Waals surface area contributed by atoms with Crippen LogP contribution >= 0.6 is 27.5 Å². The Kier molecular flexibility index (Phi) is 2.50. The van der Waals surface area contributed by atoms with Crippen LogP contribution in [0, 0.1) is 13.8 Å². The minimum absolute atomic E-state index is 0.766. The summed E-state index contributed by atoms with van der Waals surface area (Å²) in [6, 6.07) is 5.90. The summed E-state index contributed by atoms with van der Waals surface area (Å²) in [7, 11) is 0. The fraction of sp³-hybridized carbons (Fsp3) is 0.182. The Morgan fingerprint density at radius 2 is 2.00 bits per heavy atom. The Bertz CT molecular complexity index is 508. The first-order chi connectivity index (χ1) is 6.59. The summed E-state index contributed by atoms with van der Waals surface area (Å²) in [6.07, 6.45) is 0. The van der Waals surface area contributed by atoms with E-state index in [4.69, 9.17) is 11.6 Å². The number of benzene rings is 1. The van der Waals surface area contributed by atoms with E-state index in [1.165, 1.54) is 0 Å². The van der Waals surface area contributed by atoms with Crippen LogP contribution in [-0.2, 0) is 0 Å². The molecule has 0 aliphatic rings. The summed E-state index contributed by atoms with van der Waals surface area (Å²) in [5, 5.41) is 1.88. The molecule has 0 bridgehead atoms. The second-order valence-electron chi connectivity index (χ2n) is 3.31. The molecule has 0 N–H and O–H groups in total. The van der Waals surface area contributed by atoms with E-state index in [0.717, 1.165) is 31.7 Å². The molecule has 0 unspecified atom stereocenters. The van der Waals surface area contributed by atoms with Crippen molar-refractivity contribution in [3.8, 4) is 0 Å². The average Bonchev–Trinajstić information content (AvgIpc) is 2.12. The Morgan fingerprint density at radius 3 is 2.71 bits per heavy atom. The molecule has 14 heavy (non-hydrogen) atoms. The summed E-state index contributed by atoms with van der Waals surface area (Å²) in [6.45, 7) is 3.97. The van der Waals surface area contributed by atoms with Crippen molar-refractivity contribution in [3.05, 3.63) is 39.0 Å². The summed E-state index contributed by atoms with van der Waals surface area (Å²) >= 11 is 9.56. The number of halogens is 2. The van der Waals surface area contributed by atoms with E-state index in [1.54, 1.807) is 0 Å². The van der Waals surface area contributed by atoms with Crippen molar-refractivity contribution >= 4 is 38.4 Å². The highest BCUT2D eigenvalue weighted by molar-refractivity contribution is 9.10. The molecule has 1 heterocycles. The summed E-state index contributed by atoms with van der Waals surface area (Å²) in [5.41, 5.74) is 3.01. The number of pyridine rings is 1. The molecule has 0 fully saturated rings. The summed E-state index contributed by atoms with van der Waals surface area (Å²) in [4.78, 5) is 4.48. The summed E-state index contributed by atoms with van der Waals surface area (Å²) < 4.78 is 1.07. The maximum Gasteiger partial charge on any atom is 0.0760 e. The Balaban J connectivity index is 2.95. The largest absolute Gasteiger partial charge is 0.253 e. The van der Waals surface area contributed by atoms with Gasteiger partial charge in [0.2, 0.25) is 0 Å². The van der Waals surface area contributed by atoms with Crippen molar-refractivity contribution in [3.63, 3.8) is 0 Å². The van der Waals surface area contributed by atoms with Gasteiger partial charge in [-0.05, 0) is 31.5 Å². The Hall–Kier alpha value is -0.600. The maximum atomic E-state index is 6.04. The Labute approximate surface area is 96.2 Å². The van der Waals surface area contributed by atoms with E-state index in [1.807, 2.05) is 32.0 Å². The number of hydrogen-bond acceptors (Lipinski definition) is 1. The smallest absolute Gasteiger partial charge is 0.0760 e. The molecule has 1 aromatic heterocycles. The molecule has 0 spiro atoms. The van der Waals surface area contributed by atoms with Crippen LogP contribution in [0.1, 0.15) is 11.3 Å². The molecule has 2 rings (SSSR count). The first-order valence-corrected chi connectivity index (χ1v) is 5.48. The highest BCUT2D eigenvalue weighted by Crippen LogP contribution is 2.29. The minimum Gasteiger partial charge on any atom is -0.253 e. The van der Waals surface area contributed by atoms with Gasteiger partial charge in [0.1, 0.15) is 0 Å². The fourth-order valence-corrected chi connectivity index (χ4v) is 2.29. The highest BCUT2D eigenvalue weighted by atomic mass is 79.9. The molecular formula is C11H9BrClN. The van der Waals surface area contributed by atoms with Crippen molar-refractivity contribution in [2.45, 2.75) is 13.8 Å². The van der Waals surface area contributed by atoms with Crippen LogP contribution in [0.5, 0.6) is 0 Å². The van der Waals surface area contributed by atoms with Crippen LogP contribution in [0.25, 0.3) is 10.9 Å². The Morgan fingerprint density at radius 1 is 1.29 bits per heavy atom. The van der Waals surface area contributed by atoms with Gasteiger partial charge in [-0.15, -0.1) is 0 Å². The molecule has 0 aliphatic heterocycles. The van der Waals surface area contributed by atoms with Gasteiger partial charge in [0.25, 0.3) is 0 Å². The van der Waals surface area contributed by atoms with Crippen LogP contribution in [0.3, 0.4) is 0 Å². The molecule has 0 aliphatic carbocycles. The van der Waals surface area contributed by atoms with Crippen LogP contribution in [0.4, 0.5) is 0 Å². The zero-order valence-corrected chi connectivity index (χ0v) is 10.3. The fourth-order valence-electron chi connectivity index (χ4n) is 1.48. The molecule has 0 saturated heterocycles. The maximum absolute atomic E-state index is 6.04. The van der Waals surface area contributed by atoms with E-state index in [0.29, 0.717) is 0 Å². The quantitative estimate of drug-likeness (QED) is 0.697. The van der Waals surface area contributed by atoms with E-state index >= 15 is 0 Å². The van der Waals surface area contributed by atoms with Gasteiger partial charge < -0.3 is 0 Å². The first-order valence-electron chi connectivity index (χ1n) is 4.31. The van der Waals surface area contributed by atoms with Gasteiger partial charge in [-0.1, -0.05) is 33.6 Å². The lowest BCUT2D eigenvalue weighted by Gasteiger charge is -2.06. The van der Waals surface area contributed by atoms with Crippen LogP contribution < -0.4 is 0 Å². The molecule has 0 radical (unpaired) electrons. The lowest BCUT2D eigenvalue weighted by Crippen LogP contribution is -1.88. The number of nitrogens with zero attached hydrogens (tertiary/aromatic N) is 1. The number of fused-ring (bicyclic) bond motifs is 1. The SMILES string of the molecule is Cc1cc(Br)c2ccc(Cl)c(C)c2n1. The average molecular weight is 271 g/mol. The van der Waals surface area contributed by atoms with Gasteiger partial charge in [-0.2, -0.15) is 0 Å². The van der Waals surface area contributed by atoms with Crippen molar-refractivity contribution in [1.29, 1.82) is 0 Å². The van der Waals surface area contributed by atoms with E-state index in [2.05, 4.69) is 20.9 Å². The second-order valence-corrected chi connectivity index (χ2v) is 4.58. The van der Waals surface area contributed by atoms with Crippen molar-refractivity contribution in [2.24, 2.45) is 0 Å². The molecule has 1 nitrogen and oxygen atoms in total. The van der Waals surface area contributed by atoms with Crippen molar-refractivity contribution in [2.75, 3.05) is 0 Å². The molecule has 1 aromatic carbocycles. The molecular weight excluding hydrogens is 261 g/mol. The van der Waals surface area contributed by atoms with Crippen molar-refractivity contribution in [1.82, 2.24) is 4.98 Å². The summed E-state index contributed by atoms with van der Waals surface area (Å²) in [5.74, 6) is 0. The normalized spacial score (nSPS) is 10.9. The monoisotopic (exact) mass is 269 g/mol. The standard InChI is InChI=1S/C11H9BrClN/c1-6-5-9(12)8-3-4-10(13)7(2)11(8)14-6/h3-5H,1-2H3. The molecule has 72 valence electrons. The minimum atomic E-state index is 0.766. The van der Waals surface area contributed by atoms with Gasteiger partial charge in [-0.25, -0.2) is 0 Å². The van der Waals surface area contributed by atoms with E-state index < -0.39 is 0 Å². The zero-order valence-electron chi connectivity index (χ0n) is 7.94. The molecule has 0 atom stereocenters. The highest BCUT2D eigenvalue weighted by Gasteiger charge is 2.06. The predicted molar refractivity (Wildman–Crippen MR) is 63.9 cm³/mol. The number of rotatable bonds is 0. The third-order valence-corrected chi connectivity index (χ3v) is 3.31. The van der Waals surface area contributed by atoms with Crippen LogP contribution in [0.15, 0.2) is 22.7 Å².